The lowest BCUT2D eigenvalue weighted by Gasteiger charge is -2.30. The van der Waals surface area contributed by atoms with E-state index >= 15 is 0 Å². The molecule has 98 valence electrons. The fraction of sp³-hybridized carbons (Fsp3) is 0.500. The van der Waals surface area contributed by atoms with Crippen LogP contribution in [0.25, 0.3) is 0 Å². The molecule has 1 aliphatic rings. The van der Waals surface area contributed by atoms with Crippen molar-refractivity contribution in [2.24, 2.45) is 0 Å². The Hall–Kier alpha value is -1.39. The summed E-state index contributed by atoms with van der Waals surface area (Å²) in [6.45, 7) is 1.70. The van der Waals surface area contributed by atoms with Gasteiger partial charge in [-0.2, -0.15) is 0 Å². The molecular weight excluding hydrogens is 230 g/mol. The van der Waals surface area contributed by atoms with E-state index in [1.54, 1.807) is 12.0 Å². The van der Waals surface area contributed by atoms with Crippen molar-refractivity contribution in [1.82, 2.24) is 4.90 Å². The van der Waals surface area contributed by atoms with Crippen molar-refractivity contribution in [1.29, 1.82) is 0 Å². The summed E-state index contributed by atoms with van der Waals surface area (Å²) in [6.07, 6.45) is 1.07. The van der Waals surface area contributed by atoms with Crippen LogP contribution in [0.4, 0.5) is 0 Å². The summed E-state index contributed by atoms with van der Waals surface area (Å²) in [7, 11) is 1.62. The number of methoxy groups -OCH3 is 1. The van der Waals surface area contributed by atoms with Gasteiger partial charge in [0.25, 0.3) is 5.91 Å². The molecule has 0 radical (unpaired) electrons. The van der Waals surface area contributed by atoms with Crippen LogP contribution in [-0.2, 0) is 11.3 Å². The lowest BCUT2D eigenvalue weighted by atomic mass is 10.0. The second-order valence-electron chi connectivity index (χ2n) is 4.61. The number of likely N-dealkylation sites (tertiary alicyclic amines) is 1. The number of carbonyl (C=O) groups is 1. The number of hydrogen-bond donors (Lipinski definition) is 1. The molecule has 1 aromatic rings. The Morgan fingerprint density at radius 1 is 1.39 bits per heavy atom. The van der Waals surface area contributed by atoms with Gasteiger partial charge >= 0.3 is 0 Å². The van der Waals surface area contributed by atoms with Crippen LogP contribution >= 0.6 is 0 Å². The highest BCUT2D eigenvalue weighted by Crippen LogP contribution is 2.17. The molecule has 4 nitrogen and oxygen atoms in total. The molecular formula is C14H19NO3. The number of ether oxygens (including phenoxy) is 1. The summed E-state index contributed by atoms with van der Waals surface area (Å²) in [5.41, 5.74) is 1.62. The molecule has 1 N–H and O–H groups in total. The number of aliphatic hydroxyl groups is 1. The third kappa shape index (κ3) is 2.89. The molecule has 1 amide bonds. The average Bonchev–Trinajstić information content (AvgIpc) is 2.40. The summed E-state index contributed by atoms with van der Waals surface area (Å²) >= 11 is 0. The molecule has 0 saturated carbocycles. The summed E-state index contributed by atoms with van der Waals surface area (Å²) in [4.78, 5) is 14.2. The molecule has 18 heavy (non-hydrogen) atoms. The van der Waals surface area contributed by atoms with Gasteiger partial charge in [-0.15, -0.1) is 0 Å². The van der Waals surface area contributed by atoms with Crippen molar-refractivity contribution >= 4 is 5.91 Å². The van der Waals surface area contributed by atoms with E-state index in [4.69, 9.17) is 4.74 Å². The van der Waals surface area contributed by atoms with Crippen molar-refractivity contribution in [3.05, 3.63) is 35.4 Å². The zero-order chi connectivity index (χ0) is 13.0. The largest absolute Gasteiger partial charge is 0.393 e. The molecule has 1 heterocycles. The lowest BCUT2D eigenvalue weighted by Crippen LogP contribution is -2.40. The SMILES string of the molecule is COCc1ccccc1C(=O)N1CCC(O)CC1. The summed E-state index contributed by atoms with van der Waals surface area (Å²) in [5.74, 6) is 0.0366. The Kier molecular flexibility index (Phi) is 4.33. The third-order valence-electron chi connectivity index (χ3n) is 3.30. The van der Waals surface area contributed by atoms with E-state index in [9.17, 15) is 9.90 Å². The van der Waals surface area contributed by atoms with Crippen molar-refractivity contribution in [2.45, 2.75) is 25.6 Å². The molecule has 0 unspecified atom stereocenters. The molecule has 1 aromatic carbocycles. The topological polar surface area (TPSA) is 49.8 Å². The van der Waals surface area contributed by atoms with Gasteiger partial charge in [0, 0.05) is 25.8 Å². The maximum atomic E-state index is 12.4. The van der Waals surface area contributed by atoms with Crippen LogP contribution in [0.1, 0.15) is 28.8 Å². The average molecular weight is 249 g/mol. The number of amides is 1. The molecule has 1 saturated heterocycles. The van der Waals surface area contributed by atoms with E-state index in [0.717, 1.165) is 5.56 Å². The third-order valence-corrected chi connectivity index (χ3v) is 3.30. The van der Waals surface area contributed by atoms with E-state index in [1.165, 1.54) is 0 Å². The number of benzene rings is 1. The number of piperidine rings is 1. The van der Waals surface area contributed by atoms with E-state index < -0.39 is 0 Å². The van der Waals surface area contributed by atoms with Crippen LogP contribution < -0.4 is 0 Å². The highest BCUT2D eigenvalue weighted by atomic mass is 16.5. The highest BCUT2D eigenvalue weighted by Gasteiger charge is 2.23. The van der Waals surface area contributed by atoms with Crippen molar-refractivity contribution in [2.75, 3.05) is 20.2 Å². The molecule has 1 fully saturated rings. The first-order valence-electron chi connectivity index (χ1n) is 6.26. The minimum absolute atomic E-state index is 0.0366. The first kappa shape index (κ1) is 13.1. The maximum absolute atomic E-state index is 12.4. The normalized spacial score (nSPS) is 16.9. The Bertz CT molecular complexity index is 411. The second-order valence-corrected chi connectivity index (χ2v) is 4.61. The molecule has 0 aliphatic carbocycles. The van der Waals surface area contributed by atoms with Crippen molar-refractivity contribution in [3.8, 4) is 0 Å². The van der Waals surface area contributed by atoms with Crippen LogP contribution in [0.5, 0.6) is 0 Å². The van der Waals surface area contributed by atoms with E-state index in [1.807, 2.05) is 24.3 Å². The van der Waals surface area contributed by atoms with Gasteiger partial charge in [0.05, 0.1) is 12.7 Å². The summed E-state index contributed by atoms with van der Waals surface area (Å²) < 4.78 is 5.11. The molecule has 0 spiro atoms. The monoisotopic (exact) mass is 249 g/mol. The first-order valence-corrected chi connectivity index (χ1v) is 6.26. The Balaban J connectivity index is 2.13. The standard InChI is InChI=1S/C14H19NO3/c1-18-10-11-4-2-3-5-13(11)14(17)15-8-6-12(16)7-9-15/h2-5,12,16H,6-10H2,1H3. The van der Waals surface area contributed by atoms with Crippen molar-refractivity contribution < 1.29 is 14.6 Å². The number of carbonyl (C=O) groups excluding carboxylic acids is 1. The highest BCUT2D eigenvalue weighted by molar-refractivity contribution is 5.95. The molecule has 0 aromatic heterocycles. The predicted molar refractivity (Wildman–Crippen MR) is 68.3 cm³/mol. The summed E-state index contributed by atoms with van der Waals surface area (Å²) in [6, 6.07) is 7.52. The van der Waals surface area contributed by atoms with Gasteiger partial charge in [-0.25, -0.2) is 0 Å². The van der Waals surface area contributed by atoms with Gasteiger partial charge in [0.1, 0.15) is 0 Å². The lowest BCUT2D eigenvalue weighted by molar-refractivity contribution is 0.0543. The second kappa shape index (κ2) is 5.98. The molecule has 2 rings (SSSR count). The number of aliphatic hydroxyl groups excluding tert-OH is 1. The van der Waals surface area contributed by atoms with Gasteiger partial charge in [0.2, 0.25) is 0 Å². The van der Waals surface area contributed by atoms with Gasteiger partial charge in [-0.3, -0.25) is 4.79 Å². The van der Waals surface area contributed by atoms with E-state index in [0.29, 0.717) is 38.1 Å². The Morgan fingerprint density at radius 3 is 2.72 bits per heavy atom. The quantitative estimate of drug-likeness (QED) is 0.881. The number of nitrogens with zero attached hydrogens (tertiary/aromatic N) is 1. The van der Waals surface area contributed by atoms with Gasteiger partial charge in [0.15, 0.2) is 0 Å². The molecule has 0 bridgehead atoms. The van der Waals surface area contributed by atoms with Crippen LogP contribution in [0, 0.1) is 0 Å². The Labute approximate surface area is 107 Å². The van der Waals surface area contributed by atoms with Crippen LogP contribution in [0.15, 0.2) is 24.3 Å². The van der Waals surface area contributed by atoms with Gasteiger partial charge < -0.3 is 14.7 Å². The zero-order valence-corrected chi connectivity index (χ0v) is 10.6. The minimum atomic E-state index is -0.261. The van der Waals surface area contributed by atoms with Crippen LogP contribution in [0.3, 0.4) is 0 Å². The molecule has 0 atom stereocenters. The molecule has 1 aliphatic heterocycles. The van der Waals surface area contributed by atoms with Crippen LogP contribution in [-0.4, -0.2) is 42.2 Å². The zero-order valence-electron chi connectivity index (χ0n) is 10.6. The van der Waals surface area contributed by atoms with Gasteiger partial charge in [-0.05, 0) is 24.5 Å². The van der Waals surface area contributed by atoms with E-state index in [2.05, 4.69) is 0 Å². The van der Waals surface area contributed by atoms with E-state index in [-0.39, 0.29) is 12.0 Å². The van der Waals surface area contributed by atoms with Crippen molar-refractivity contribution in [3.63, 3.8) is 0 Å². The van der Waals surface area contributed by atoms with Gasteiger partial charge in [-0.1, -0.05) is 18.2 Å². The maximum Gasteiger partial charge on any atom is 0.254 e. The number of hydrogen-bond acceptors (Lipinski definition) is 3. The fourth-order valence-electron chi connectivity index (χ4n) is 2.25. The summed E-state index contributed by atoms with van der Waals surface area (Å²) in [5, 5.41) is 9.46. The smallest absolute Gasteiger partial charge is 0.254 e. The fourth-order valence-corrected chi connectivity index (χ4v) is 2.25. The Morgan fingerprint density at radius 2 is 2.06 bits per heavy atom. The first-order chi connectivity index (χ1) is 8.72. The number of rotatable bonds is 3. The van der Waals surface area contributed by atoms with Crippen LogP contribution in [0.2, 0.25) is 0 Å². The predicted octanol–water partition coefficient (Wildman–Crippen LogP) is 1.43. The minimum Gasteiger partial charge on any atom is -0.393 e. The molecule has 4 heteroatoms.